The molecule has 0 amide bonds. The first-order valence-corrected chi connectivity index (χ1v) is 7.57. The Hall–Kier alpha value is 5.06. The van der Waals surface area contributed by atoms with Crippen molar-refractivity contribution in [3.8, 4) is 0 Å². The van der Waals surface area contributed by atoms with Crippen LogP contribution in [0.15, 0.2) is 0 Å². The molecule has 15 heteroatoms. The van der Waals surface area contributed by atoms with Crippen LogP contribution < -0.4 is 22.1 Å². The van der Waals surface area contributed by atoms with Crippen molar-refractivity contribution in [2.45, 2.75) is 0 Å². The number of hydrogen-bond acceptors (Lipinski definition) is 9. The van der Waals surface area contributed by atoms with Crippen molar-refractivity contribution in [2.24, 2.45) is 0 Å². The maximum Gasteiger partial charge on any atom is 2.00 e. The van der Waals surface area contributed by atoms with Crippen molar-refractivity contribution in [3.05, 3.63) is 0 Å². The smallest absolute Gasteiger partial charge is 2.00 e. The van der Waals surface area contributed by atoms with Gasteiger partial charge in [-0.2, -0.15) is 0 Å². The predicted molar refractivity (Wildman–Crippen MR) is 19.3 cm³/mol. The van der Waals surface area contributed by atoms with Crippen molar-refractivity contribution >= 4 is 114 Å². The molecule has 0 aliphatic heterocycles. The second-order valence-electron chi connectivity index (χ2n) is 0.750. The fourth-order valence-electron chi connectivity index (χ4n) is 0. The van der Waals surface area contributed by atoms with E-state index in [1.807, 2.05) is 0 Å². The third kappa shape index (κ3) is 217. The minimum Gasteiger partial charge on any atom is 2.00 e. The average molecular weight is 672 g/mol. The van der Waals surface area contributed by atoms with Crippen molar-refractivity contribution < 1.29 is 88.0 Å². The molecule has 0 rings (SSSR count). The van der Waals surface area contributed by atoms with Gasteiger partial charge in [-0.25, -0.2) is 0 Å². The van der Waals surface area contributed by atoms with Gasteiger partial charge in [-0.15, -0.1) is 0 Å². The molecule has 74 valence electrons. The van der Waals surface area contributed by atoms with E-state index in [0.29, 0.717) is 0 Å². The number of hydrogen-bond donors (Lipinski definition) is 0. The second-order valence-corrected chi connectivity index (χ2v) is 3.09. The number of rotatable bonds is 0. The van der Waals surface area contributed by atoms with Gasteiger partial charge in [0.05, 0.1) is 0 Å². The van der Waals surface area contributed by atoms with E-state index in [2.05, 4.69) is 0 Å². The van der Waals surface area contributed by atoms with Gasteiger partial charge in [0, 0.05) is 0 Å². The third-order valence-electron chi connectivity index (χ3n) is 0. The summed E-state index contributed by atoms with van der Waals surface area (Å²) in [6.45, 7) is 0. The fraction of sp³-hybridized carbons (Fsp3) is 0. The van der Waals surface area contributed by atoms with Crippen molar-refractivity contribution in [1.29, 1.82) is 0 Å². The largest absolute Gasteiger partial charge is 2.00 e. The molecular formula is BaCaO9PbTi3. The van der Waals surface area contributed by atoms with Gasteiger partial charge in [0.15, 0.2) is 0 Å². The van der Waals surface area contributed by atoms with Gasteiger partial charge < -0.3 is 0 Å². The molecular weight excluding hydrogens is 672 g/mol. The van der Waals surface area contributed by atoms with E-state index >= 15 is 0 Å². The van der Waals surface area contributed by atoms with Crippen LogP contribution in [0.1, 0.15) is 0 Å². The molecule has 0 aromatic carbocycles. The minimum absolute atomic E-state index is 0. The molecule has 0 unspecified atom stereocenters. The minimum atomic E-state index is -4.08. The molecule has 0 aromatic heterocycles. The van der Waals surface area contributed by atoms with Crippen LogP contribution in [0.2, 0.25) is 0 Å². The summed E-state index contributed by atoms with van der Waals surface area (Å²) in [5.74, 6) is 0. The zero-order chi connectivity index (χ0) is 10.7. The van der Waals surface area contributed by atoms with Crippen LogP contribution in [-0.4, -0.2) is 114 Å². The van der Waals surface area contributed by atoms with Crippen LogP contribution >= 0.6 is 0 Å². The van der Waals surface area contributed by atoms with E-state index in [4.69, 9.17) is 32.1 Å². The van der Waals surface area contributed by atoms with Gasteiger partial charge in [0.1, 0.15) is 0 Å². The van der Waals surface area contributed by atoms with E-state index in [-0.39, 0.29) is 114 Å². The molecule has 0 spiro atoms. The molecule has 0 aliphatic rings. The van der Waals surface area contributed by atoms with Gasteiger partial charge >= 0.3 is 202 Å². The Bertz CT molecular complexity index is 123. The first kappa shape index (κ1) is 36.9. The van der Waals surface area contributed by atoms with Crippen molar-refractivity contribution in [3.63, 3.8) is 0 Å². The summed E-state index contributed by atoms with van der Waals surface area (Å²) in [7, 11) is 0. The molecule has 0 fully saturated rings. The molecule has 0 N–H and O–H groups in total. The molecule has 0 aromatic rings. The van der Waals surface area contributed by atoms with Gasteiger partial charge in [-0.05, 0) is 0 Å². The maximum atomic E-state index is 8.58. The molecule has 0 aliphatic carbocycles. The molecule has 0 atom stereocenters. The Morgan fingerprint density at radius 3 is 0.600 bits per heavy atom. The molecule has 2 radical (unpaired) electrons. The van der Waals surface area contributed by atoms with Crippen molar-refractivity contribution in [1.82, 2.24) is 0 Å². The average Bonchev–Trinajstić information content (AvgIpc) is 1.54. The Morgan fingerprint density at radius 1 is 0.600 bits per heavy atom. The topological polar surface area (TPSA) is 190 Å². The first-order valence-electron chi connectivity index (χ1n) is 1.84. The van der Waals surface area contributed by atoms with E-state index < -0.39 is 55.8 Å². The quantitative estimate of drug-likeness (QED) is 0.225. The second kappa shape index (κ2) is 31.4. The van der Waals surface area contributed by atoms with Crippen LogP contribution in [0.4, 0.5) is 0 Å². The van der Waals surface area contributed by atoms with E-state index in [0.717, 1.165) is 0 Å². The zero-order valence-electron chi connectivity index (χ0n) is 7.09. The molecule has 0 saturated carbocycles. The van der Waals surface area contributed by atoms with Gasteiger partial charge in [-0.3, -0.25) is 0 Å². The summed E-state index contributed by atoms with van der Waals surface area (Å²) >= 11 is -12.2. The first-order chi connectivity index (χ1) is 5.20. The SMILES string of the molecule is [Ba+2].[Ca+2].[O]=[Ti]([O-])[O-].[O]=[Ti]([O-])[O-].[O]=[Ti]([O-])[O-].[Pb+2]. The fourth-order valence-corrected chi connectivity index (χ4v) is 0. The van der Waals surface area contributed by atoms with Crippen LogP contribution in [0.3, 0.4) is 0 Å². The normalized spacial score (nSPS) is 5.20. The van der Waals surface area contributed by atoms with Crippen LogP contribution in [0.25, 0.3) is 0 Å². The Balaban J connectivity index is -0.0000000184. The summed E-state index contributed by atoms with van der Waals surface area (Å²) in [6, 6.07) is 0. The van der Waals surface area contributed by atoms with E-state index in [1.54, 1.807) is 0 Å². The summed E-state index contributed by atoms with van der Waals surface area (Å²) in [5, 5.41) is 0. The van der Waals surface area contributed by atoms with Crippen molar-refractivity contribution in [2.75, 3.05) is 0 Å². The zero-order valence-corrected chi connectivity index (χ0v) is 22.3. The van der Waals surface area contributed by atoms with Crippen LogP contribution in [0.5, 0.6) is 0 Å². The standard InChI is InChI=1S/Ba.Ca.9O.Pb.3Ti/q2*+2;;;;6*-1;+2;;;. The maximum absolute atomic E-state index is 8.58. The Morgan fingerprint density at radius 2 is 0.600 bits per heavy atom. The molecule has 0 bridgehead atoms. The van der Waals surface area contributed by atoms with Gasteiger partial charge in [-0.1, -0.05) is 0 Å². The Labute approximate surface area is 196 Å². The molecule has 15 heavy (non-hydrogen) atoms. The van der Waals surface area contributed by atoms with Gasteiger partial charge in [0.25, 0.3) is 0 Å². The monoisotopic (exact) mass is 674 g/mol. The molecule has 9 nitrogen and oxygen atoms in total. The summed E-state index contributed by atoms with van der Waals surface area (Å²) in [4.78, 5) is 0. The van der Waals surface area contributed by atoms with E-state index in [9.17, 15) is 0 Å². The summed E-state index contributed by atoms with van der Waals surface area (Å²) in [5.41, 5.74) is 0. The summed E-state index contributed by atoms with van der Waals surface area (Å²) in [6.07, 6.45) is 0. The summed E-state index contributed by atoms with van der Waals surface area (Å²) < 4.78 is 77.2. The van der Waals surface area contributed by atoms with E-state index in [1.165, 1.54) is 0 Å². The van der Waals surface area contributed by atoms with Crippen LogP contribution in [-0.2, 0) is 65.8 Å². The van der Waals surface area contributed by atoms with Gasteiger partial charge in [0.2, 0.25) is 0 Å². The Kier molecular flexibility index (Phi) is 77.3. The van der Waals surface area contributed by atoms with Crippen LogP contribution in [0, 0.1) is 0 Å². The predicted octanol–water partition coefficient (Wildman–Crippen LogP) is -8.64. The third-order valence-corrected chi connectivity index (χ3v) is 0. The molecule has 0 heterocycles. The molecule has 0 saturated heterocycles.